The first kappa shape index (κ1) is 20.4. The van der Waals surface area contributed by atoms with E-state index in [1.165, 1.54) is 38.6 Å². The molecule has 10 heteroatoms. The van der Waals surface area contributed by atoms with Crippen molar-refractivity contribution in [1.82, 2.24) is 5.43 Å². The van der Waals surface area contributed by atoms with Crippen LogP contribution in [0.15, 0.2) is 41.5 Å². The summed E-state index contributed by atoms with van der Waals surface area (Å²) in [7, 11) is 2.76. The van der Waals surface area contributed by atoms with Gasteiger partial charge in [0.15, 0.2) is 5.75 Å². The van der Waals surface area contributed by atoms with Crippen LogP contribution in [-0.4, -0.2) is 37.2 Å². The molecule has 28 heavy (non-hydrogen) atoms. The van der Waals surface area contributed by atoms with Crippen molar-refractivity contribution < 1.29 is 24.0 Å². The molecule has 0 atom stereocenters. The molecule has 0 heterocycles. The molecule has 0 saturated heterocycles. The number of nitro groups is 1. The Morgan fingerprint density at radius 1 is 1.07 bits per heavy atom. The Morgan fingerprint density at radius 2 is 1.75 bits per heavy atom. The Morgan fingerprint density at radius 3 is 2.39 bits per heavy atom. The Labute approximate surface area is 160 Å². The van der Waals surface area contributed by atoms with Gasteiger partial charge in [-0.3, -0.25) is 19.7 Å². The zero-order chi connectivity index (χ0) is 20.7. The number of nitrogens with one attached hydrogen (secondary N) is 2. The summed E-state index contributed by atoms with van der Waals surface area (Å²) in [5.41, 5.74) is 3.37. The lowest BCUT2D eigenvalue weighted by Crippen LogP contribution is -2.32. The molecule has 0 bridgehead atoms. The molecule has 0 aromatic heterocycles. The third-order valence-electron chi connectivity index (χ3n) is 3.59. The summed E-state index contributed by atoms with van der Waals surface area (Å²) < 4.78 is 10.0. The fourth-order valence-corrected chi connectivity index (χ4v) is 2.24. The fraction of sp³-hybridized carbons (Fsp3) is 0.167. The zero-order valence-electron chi connectivity index (χ0n) is 15.4. The number of anilines is 1. The van der Waals surface area contributed by atoms with Gasteiger partial charge in [-0.15, -0.1) is 0 Å². The molecule has 2 aromatic rings. The normalized spacial score (nSPS) is 10.4. The highest BCUT2D eigenvalue weighted by Gasteiger charge is 2.16. The van der Waals surface area contributed by atoms with Gasteiger partial charge in [-0.2, -0.15) is 5.10 Å². The molecule has 2 rings (SSSR count). The molecule has 2 amide bonds. The molecule has 10 nitrogen and oxygen atoms in total. The van der Waals surface area contributed by atoms with Crippen LogP contribution in [0.1, 0.15) is 11.1 Å². The zero-order valence-corrected chi connectivity index (χ0v) is 15.4. The van der Waals surface area contributed by atoms with Crippen LogP contribution in [0.3, 0.4) is 0 Å². The summed E-state index contributed by atoms with van der Waals surface area (Å²) in [5, 5.41) is 17.1. The predicted molar refractivity (Wildman–Crippen MR) is 102 cm³/mol. The maximum absolute atomic E-state index is 12.0. The summed E-state index contributed by atoms with van der Waals surface area (Å²) in [4.78, 5) is 34.3. The molecular weight excluding hydrogens is 368 g/mol. The van der Waals surface area contributed by atoms with Crippen LogP contribution in [0.5, 0.6) is 11.5 Å². The van der Waals surface area contributed by atoms with Crippen molar-refractivity contribution >= 4 is 29.4 Å². The number of carbonyl (C=O) groups is 2. The fourth-order valence-electron chi connectivity index (χ4n) is 2.24. The molecule has 0 radical (unpaired) electrons. The van der Waals surface area contributed by atoms with E-state index < -0.39 is 16.7 Å². The topological polar surface area (TPSA) is 132 Å². The highest BCUT2D eigenvalue weighted by atomic mass is 16.6. The minimum absolute atomic E-state index is 0.0951. The van der Waals surface area contributed by atoms with Crippen molar-refractivity contribution in [1.29, 1.82) is 0 Å². The standard InChI is InChI=1S/C18H18N4O6/c1-11-4-6-15(27-2)13(8-11)20-17(23)18(24)21-19-10-12-5-7-16(28-3)14(9-12)22(25)26/h4-10H,1-3H3,(H,20,23)(H,21,24)/b19-10-. The lowest BCUT2D eigenvalue weighted by atomic mass is 10.2. The summed E-state index contributed by atoms with van der Waals surface area (Å²) >= 11 is 0. The average molecular weight is 386 g/mol. The number of aryl methyl sites for hydroxylation is 1. The van der Waals surface area contributed by atoms with Crippen LogP contribution < -0.4 is 20.2 Å². The van der Waals surface area contributed by atoms with Crippen molar-refractivity contribution in [2.45, 2.75) is 6.92 Å². The number of nitro benzene ring substituents is 1. The summed E-state index contributed by atoms with van der Waals surface area (Å²) in [6, 6.07) is 9.26. The van der Waals surface area contributed by atoms with Crippen LogP contribution in [0.4, 0.5) is 11.4 Å². The molecule has 2 aromatic carbocycles. The van der Waals surface area contributed by atoms with E-state index >= 15 is 0 Å². The predicted octanol–water partition coefficient (Wildman–Crippen LogP) is 2.01. The SMILES string of the molecule is COc1ccc(C)cc1NC(=O)C(=O)N/N=C\c1ccc(OC)c([N+](=O)[O-])c1. The van der Waals surface area contributed by atoms with Gasteiger partial charge in [0.2, 0.25) is 0 Å². The van der Waals surface area contributed by atoms with Gasteiger partial charge >= 0.3 is 17.5 Å². The molecule has 0 fully saturated rings. The lowest BCUT2D eigenvalue weighted by Gasteiger charge is -2.10. The largest absolute Gasteiger partial charge is 0.495 e. The van der Waals surface area contributed by atoms with Crippen molar-refractivity contribution in [2.24, 2.45) is 5.10 Å². The van der Waals surface area contributed by atoms with E-state index in [1.807, 2.05) is 6.92 Å². The van der Waals surface area contributed by atoms with Crippen LogP contribution in [-0.2, 0) is 9.59 Å². The van der Waals surface area contributed by atoms with Gasteiger partial charge in [-0.25, -0.2) is 5.43 Å². The number of carbonyl (C=O) groups excluding carboxylic acids is 2. The number of hydrogen-bond donors (Lipinski definition) is 2. The molecule has 146 valence electrons. The third kappa shape index (κ3) is 5.04. The second-order valence-electron chi connectivity index (χ2n) is 5.55. The number of hydrogen-bond acceptors (Lipinski definition) is 7. The van der Waals surface area contributed by atoms with E-state index in [4.69, 9.17) is 9.47 Å². The van der Waals surface area contributed by atoms with Crippen LogP contribution in [0.2, 0.25) is 0 Å². The minimum Gasteiger partial charge on any atom is -0.495 e. The molecule has 2 N–H and O–H groups in total. The summed E-state index contributed by atoms with van der Waals surface area (Å²) in [6.45, 7) is 1.83. The minimum atomic E-state index is -1.01. The quantitative estimate of drug-likeness (QED) is 0.338. The molecule has 0 unspecified atom stereocenters. The van der Waals surface area contributed by atoms with Crippen molar-refractivity contribution in [3.05, 3.63) is 57.6 Å². The Bertz CT molecular complexity index is 942. The third-order valence-corrected chi connectivity index (χ3v) is 3.59. The van der Waals surface area contributed by atoms with Gasteiger partial charge in [-0.1, -0.05) is 6.07 Å². The number of nitrogens with zero attached hydrogens (tertiary/aromatic N) is 2. The Balaban J connectivity index is 2.04. The molecular formula is C18H18N4O6. The van der Waals surface area contributed by atoms with Crippen LogP contribution in [0, 0.1) is 17.0 Å². The first-order valence-corrected chi connectivity index (χ1v) is 7.97. The van der Waals surface area contributed by atoms with Gasteiger partial charge in [0, 0.05) is 11.6 Å². The lowest BCUT2D eigenvalue weighted by molar-refractivity contribution is -0.385. The smallest absolute Gasteiger partial charge is 0.329 e. The number of ether oxygens (including phenoxy) is 2. The summed E-state index contributed by atoms with van der Waals surface area (Å²) in [5.74, 6) is -1.46. The first-order valence-electron chi connectivity index (χ1n) is 7.97. The van der Waals surface area contributed by atoms with E-state index in [1.54, 1.807) is 18.2 Å². The van der Waals surface area contributed by atoms with E-state index in [0.29, 0.717) is 17.0 Å². The van der Waals surface area contributed by atoms with Crippen molar-refractivity contribution in [2.75, 3.05) is 19.5 Å². The van der Waals surface area contributed by atoms with Crippen molar-refractivity contribution in [3.63, 3.8) is 0 Å². The van der Waals surface area contributed by atoms with Gasteiger partial charge in [0.05, 0.1) is 31.0 Å². The Hall–Kier alpha value is -3.95. The molecule has 0 aliphatic rings. The molecule has 0 saturated carbocycles. The molecule has 0 aliphatic carbocycles. The van der Waals surface area contributed by atoms with Gasteiger partial charge in [0.25, 0.3) is 0 Å². The number of amides is 2. The van der Waals surface area contributed by atoms with Crippen molar-refractivity contribution in [3.8, 4) is 11.5 Å². The molecule has 0 spiro atoms. The second-order valence-corrected chi connectivity index (χ2v) is 5.55. The van der Waals surface area contributed by atoms with Gasteiger partial charge < -0.3 is 14.8 Å². The average Bonchev–Trinajstić information content (AvgIpc) is 2.67. The number of benzene rings is 2. The Kier molecular flexibility index (Phi) is 6.63. The van der Waals surface area contributed by atoms with E-state index in [9.17, 15) is 19.7 Å². The number of methoxy groups -OCH3 is 2. The first-order chi connectivity index (χ1) is 13.3. The van der Waals surface area contributed by atoms with E-state index in [2.05, 4.69) is 15.8 Å². The number of hydrazone groups is 1. The van der Waals surface area contributed by atoms with Crippen LogP contribution in [0.25, 0.3) is 0 Å². The summed E-state index contributed by atoms with van der Waals surface area (Å²) in [6.07, 6.45) is 1.17. The number of rotatable bonds is 6. The second kappa shape index (κ2) is 9.12. The highest BCUT2D eigenvalue weighted by molar-refractivity contribution is 6.39. The monoisotopic (exact) mass is 386 g/mol. The van der Waals surface area contributed by atoms with Crippen LogP contribution >= 0.6 is 0 Å². The maximum Gasteiger partial charge on any atom is 0.329 e. The van der Waals surface area contributed by atoms with Gasteiger partial charge in [-0.05, 0) is 36.8 Å². The molecule has 0 aliphatic heterocycles. The van der Waals surface area contributed by atoms with E-state index in [-0.39, 0.29) is 11.4 Å². The van der Waals surface area contributed by atoms with E-state index in [0.717, 1.165) is 5.56 Å². The maximum atomic E-state index is 12.0. The highest BCUT2D eigenvalue weighted by Crippen LogP contribution is 2.27. The van der Waals surface area contributed by atoms with Gasteiger partial charge in [0.1, 0.15) is 5.75 Å².